The van der Waals surface area contributed by atoms with Crippen LogP contribution in [0.1, 0.15) is 18.5 Å². The van der Waals surface area contributed by atoms with Crippen molar-refractivity contribution in [2.75, 3.05) is 13.2 Å². The van der Waals surface area contributed by atoms with Crippen LogP contribution in [-0.4, -0.2) is 92.3 Å². The third kappa shape index (κ3) is 8.66. The number of carboxylic acids is 1. The number of nitrogens with one attached hydrogen (secondary N) is 4. The first-order valence-corrected chi connectivity index (χ1v) is 9.45. The summed E-state index contributed by atoms with van der Waals surface area (Å²) in [6, 6.07) is -5.62. The third-order valence-electron chi connectivity index (χ3n) is 4.25. The standard InChI is InChI=1S/C17H27N7O8/c18-9(5-25)14(28)24-12(6-26)16(30)23-11(3-8-4-20-7-21-8)15(29)22-10(17(31)32)1-2-13(19)27/h4,7,9-12,25-26H,1-3,5-6,18H2,(H2,19,27)(H,20,21)(H,22,29)(H,23,30)(H,24,28)(H,31,32). The van der Waals surface area contributed by atoms with Gasteiger partial charge in [-0.3, -0.25) is 19.2 Å². The van der Waals surface area contributed by atoms with Gasteiger partial charge in [-0.1, -0.05) is 0 Å². The molecule has 0 aromatic carbocycles. The molecular weight excluding hydrogens is 430 g/mol. The summed E-state index contributed by atoms with van der Waals surface area (Å²) in [6.07, 6.45) is 2.00. The maximum absolute atomic E-state index is 12.7. The minimum atomic E-state index is -1.50. The average molecular weight is 457 g/mol. The number of aliphatic hydroxyl groups is 2. The molecule has 0 aliphatic rings. The number of nitrogens with two attached hydrogens (primary N) is 2. The molecule has 0 aliphatic carbocycles. The molecule has 1 heterocycles. The smallest absolute Gasteiger partial charge is 0.326 e. The van der Waals surface area contributed by atoms with Crippen LogP contribution in [0.4, 0.5) is 0 Å². The van der Waals surface area contributed by atoms with Crippen LogP contribution < -0.4 is 27.4 Å². The monoisotopic (exact) mass is 457 g/mol. The minimum absolute atomic E-state index is 0.137. The molecule has 0 bridgehead atoms. The molecule has 1 aromatic rings. The highest BCUT2D eigenvalue weighted by Crippen LogP contribution is 2.03. The number of amides is 4. The maximum atomic E-state index is 12.7. The highest BCUT2D eigenvalue weighted by molar-refractivity contribution is 5.94. The molecule has 32 heavy (non-hydrogen) atoms. The van der Waals surface area contributed by atoms with E-state index in [1.54, 1.807) is 0 Å². The molecule has 1 rings (SSSR count). The van der Waals surface area contributed by atoms with Crippen LogP contribution in [0.3, 0.4) is 0 Å². The fourth-order valence-corrected chi connectivity index (χ4v) is 2.47. The summed E-state index contributed by atoms with van der Waals surface area (Å²) in [5, 5.41) is 34.3. The van der Waals surface area contributed by atoms with Gasteiger partial charge in [0.25, 0.3) is 0 Å². The summed E-state index contributed by atoms with van der Waals surface area (Å²) >= 11 is 0. The van der Waals surface area contributed by atoms with Crippen LogP contribution in [-0.2, 0) is 30.4 Å². The molecule has 0 fully saturated rings. The summed E-state index contributed by atoms with van der Waals surface area (Å²) in [5.41, 5.74) is 10.8. The van der Waals surface area contributed by atoms with E-state index in [0.717, 1.165) is 0 Å². The summed E-state index contributed by atoms with van der Waals surface area (Å²) in [5.74, 6) is -4.94. The molecule has 4 amide bonds. The molecule has 0 saturated heterocycles. The minimum Gasteiger partial charge on any atom is -0.480 e. The lowest BCUT2D eigenvalue weighted by Gasteiger charge is -2.24. The Kier molecular flexibility index (Phi) is 10.7. The molecule has 15 heteroatoms. The number of rotatable bonds is 14. The number of hydrogen-bond donors (Lipinski definition) is 9. The summed E-state index contributed by atoms with van der Waals surface area (Å²) < 4.78 is 0. The molecule has 15 nitrogen and oxygen atoms in total. The van der Waals surface area contributed by atoms with Crippen molar-refractivity contribution < 1.29 is 39.3 Å². The van der Waals surface area contributed by atoms with E-state index >= 15 is 0 Å². The Balaban J connectivity index is 2.95. The molecule has 4 atom stereocenters. The predicted molar refractivity (Wildman–Crippen MR) is 106 cm³/mol. The predicted octanol–water partition coefficient (Wildman–Crippen LogP) is -4.93. The van der Waals surface area contributed by atoms with Crippen molar-refractivity contribution in [1.29, 1.82) is 0 Å². The first kappa shape index (κ1) is 26.5. The fraction of sp³-hybridized carbons (Fsp3) is 0.529. The zero-order chi connectivity index (χ0) is 24.3. The third-order valence-corrected chi connectivity index (χ3v) is 4.25. The Hall–Kier alpha value is -3.56. The second-order valence-electron chi connectivity index (χ2n) is 6.78. The number of aromatic nitrogens is 2. The van der Waals surface area contributed by atoms with E-state index in [4.69, 9.17) is 16.6 Å². The van der Waals surface area contributed by atoms with Gasteiger partial charge in [-0.05, 0) is 6.42 Å². The van der Waals surface area contributed by atoms with E-state index in [-0.39, 0.29) is 19.3 Å². The van der Waals surface area contributed by atoms with Crippen LogP contribution in [0.2, 0.25) is 0 Å². The number of aliphatic carboxylic acids is 1. The Bertz CT molecular complexity index is 801. The number of hydrogen-bond acceptors (Lipinski definition) is 9. The SMILES string of the molecule is NC(=O)CCC(NC(=O)C(Cc1cnc[nH]1)NC(=O)C(CO)NC(=O)C(N)CO)C(=O)O. The van der Waals surface area contributed by atoms with Crippen molar-refractivity contribution in [1.82, 2.24) is 25.9 Å². The molecule has 178 valence electrons. The Labute approximate surface area is 181 Å². The van der Waals surface area contributed by atoms with E-state index in [1.165, 1.54) is 12.5 Å². The van der Waals surface area contributed by atoms with Crippen molar-refractivity contribution >= 4 is 29.6 Å². The van der Waals surface area contributed by atoms with E-state index in [0.29, 0.717) is 5.69 Å². The van der Waals surface area contributed by atoms with Crippen LogP contribution in [0.15, 0.2) is 12.5 Å². The van der Waals surface area contributed by atoms with Crippen LogP contribution >= 0.6 is 0 Å². The van der Waals surface area contributed by atoms with Gasteiger partial charge in [0.15, 0.2) is 0 Å². The topological polar surface area (TPSA) is 263 Å². The Morgan fingerprint density at radius 1 is 0.969 bits per heavy atom. The number of nitrogens with zero attached hydrogens (tertiary/aromatic N) is 1. The van der Waals surface area contributed by atoms with Gasteiger partial charge in [0.05, 0.1) is 19.5 Å². The molecule has 0 saturated carbocycles. The fourth-order valence-electron chi connectivity index (χ4n) is 2.47. The van der Waals surface area contributed by atoms with Crippen LogP contribution in [0.5, 0.6) is 0 Å². The summed E-state index contributed by atoms with van der Waals surface area (Å²) in [7, 11) is 0. The van der Waals surface area contributed by atoms with E-state index in [2.05, 4.69) is 25.9 Å². The number of imidazole rings is 1. The largest absolute Gasteiger partial charge is 0.480 e. The zero-order valence-corrected chi connectivity index (χ0v) is 17.0. The number of carbonyl (C=O) groups excluding carboxylic acids is 4. The number of H-pyrrole nitrogens is 1. The van der Waals surface area contributed by atoms with Crippen LogP contribution in [0, 0.1) is 0 Å². The van der Waals surface area contributed by atoms with Crippen molar-refractivity contribution in [3.63, 3.8) is 0 Å². The van der Waals surface area contributed by atoms with Gasteiger partial charge < -0.3 is 47.7 Å². The van der Waals surface area contributed by atoms with E-state index in [1.807, 2.05) is 0 Å². The highest BCUT2D eigenvalue weighted by atomic mass is 16.4. The maximum Gasteiger partial charge on any atom is 0.326 e. The molecule has 4 unspecified atom stereocenters. The number of aromatic amines is 1. The lowest BCUT2D eigenvalue weighted by molar-refractivity contribution is -0.142. The molecule has 0 spiro atoms. The molecule has 11 N–H and O–H groups in total. The van der Waals surface area contributed by atoms with Gasteiger partial charge in [0.1, 0.15) is 24.2 Å². The van der Waals surface area contributed by atoms with Gasteiger partial charge in [-0.25, -0.2) is 9.78 Å². The molecule has 0 radical (unpaired) electrons. The van der Waals surface area contributed by atoms with Crippen molar-refractivity contribution in [3.05, 3.63) is 18.2 Å². The zero-order valence-electron chi connectivity index (χ0n) is 17.0. The van der Waals surface area contributed by atoms with Crippen molar-refractivity contribution in [2.24, 2.45) is 11.5 Å². The van der Waals surface area contributed by atoms with Crippen LogP contribution in [0.25, 0.3) is 0 Å². The lowest BCUT2D eigenvalue weighted by atomic mass is 10.1. The van der Waals surface area contributed by atoms with Crippen molar-refractivity contribution in [2.45, 2.75) is 43.4 Å². The second-order valence-corrected chi connectivity index (χ2v) is 6.78. The summed E-state index contributed by atoms with van der Waals surface area (Å²) in [6.45, 7) is -1.54. The van der Waals surface area contributed by atoms with Gasteiger partial charge in [0.2, 0.25) is 23.6 Å². The lowest BCUT2D eigenvalue weighted by Crippen LogP contribution is -2.58. The van der Waals surface area contributed by atoms with E-state index in [9.17, 15) is 34.2 Å². The second kappa shape index (κ2) is 13.0. The number of primary amides is 1. The molecule has 0 aliphatic heterocycles. The summed E-state index contributed by atoms with van der Waals surface area (Å²) in [4.78, 5) is 65.9. The van der Waals surface area contributed by atoms with Gasteiger partial charge >= 0.3 is 5.97 Å². The van der Waals surface area contributed by atoms with Gasteiger partial charge in [0, 0.05) is 24.7 Å². The number of carboxylic acid groups (broad SMARTS) is 1. The quantitative estimate of drug-likeness (QED) is 0.128. The number of aliphatic hydroxyl groups excluding tert-OH is 2. The van der Waals surface area contributed by atoms with E-state index < -0.39 is 67.0 Å². The Morgan fingerprint density at radius 3 is 2.06 bits per heavy atom. The Morgan fingerprint density at radius 2 is 1.56 bits per heavy atom. The molecule has 1 aromatic heterocycles. The first-order valence-electron chi connectivity index (χ1n) is 9.45. The first-order chi connectivity index (χ1) is 15.1. The molecular formula is C17H27N7O8. The van der Waals surface area contributed by atoms with Crippen molar-refractivity contribution in [3.8, 4) is 0 Å². The highest BCUT2D eigenvalue weighted by Gasteiger charge is 2.30. The normalized spacial score (nSPS) is 14.5. The average Bonchev–Trinajstić information content (AvgIpc) is 3.26. The van der Waals surface area contributed by atoms with Gasteiger partial charge in [-0.15, -0.1) is 0 Å². The van der Waals surface area contributed by atoms with Gasteiger partial charge in [-0.2, -0.15) is 0 Å². The number of carbonyl (C=O) groups is 5.